The molecule has 2 aromatic carbocycles. The molecule has 242 valence electrons. The van der Waals surface area contributed by atoms with Crippen LogP contribution < -0.4 is 0 Å². The Bertz CT molecular complexity index is 1840. The standard InChI is InChI=1S/C40H48N2O4/c1-4-22-11-21-12-33-37(22)42(18-21)24(15-32-30-17-26(44)7-9-36(30)46-40(32)33)14-28-23-13-34-38(27(28)5-2)41(19-23)20(3)10-31-29-16-25(43)6-8-35(29)45-39(31)34/h6-9,16-17,20-24,27-28,33-34,37-38,43-44H,4-5,10-15,18-19H2,1-3H3/t20-,21?,22?,23?,24+,27?,28?,33?,34?,37?,38?/m0/s1. The third kappa shape index (κ3) is 3.83. The van der Waals surface area contributed by atoms with Crippen LogP contribution in [0, 0.1) is 29.6 Å². The van der Waals surface area contributed by atoms with Crippen LogP contribution in [0.25, 0.3) is 21.9 Å². The highest BCUT2D eigenvalue weighted by molar-refractivity contribution is 5.85. The molecule has 6 heteroatoms. The molecule has 0 amide bonds. The number of rotatable bonds is 4. The fraction of sp³-hybridized carbons (Fsp3) is 0.600. The molecule has 8 heterocycles. The maximum Gasteiger partial charge on any atom is 0.134 e. The van der Waals surface area contributed by atoms with E-state index in [1.54, 1.807) is 12.1 Å². The van der Waals surface area contributed by atoms with E-state index in [1.165, 1.54) is 74.3 Å². The lowest BCUT2D eigenvalue weighted by atomic mass is 9.57. The van der Waals surface area contributed by atoms with Gasteiger partial charge >= 0.3 is 0 Å². The van der Waals surface area contributed by atoms with Crippen LogP contribution in [0.5, 0.6) is 11.5 Å². The van der Waals surface area contributed by atoms with Gasteiger partial charge < -0.3 is 19.0 Å². The zero-order chi connectivity index (χ0) is 31.0. The van der Waals surface area contributed by atoms with Crippen molar-refractivity contribution in [2.75, 3.05) is 13.1 Å². The summed E-state index contributed by atoms with van der Waals surface area (Å²) in [5.74, 6) is 7.50. The molecule has 2 aliphatic carbocycles. The normalized spacial score (nSPS) is 40.5. The van der Waals surface area contributed by atoms with Crippen LogP contribution in [-0.4, -0.2) is 57.3 Å². The van der Waals surface area contributed by atoms with Crippen molar-refractivity contribution in [3.05, 3.63) is 59.0 Å². The average Bonchev–Trinajstić information content (AvgIpc) is 3.56. The molecule has 2 N–H and O–H groups in total. The molecule has 13 atom stereocenters. The summed E-state index contributed by atoms with van der Waals surface area (Å²) in [4.78, 5) is 5.87. The second-order valence-electron chi connectivity index (χ2n) is 16.2. The fourth-order valence-electron chi connectivity index (χ4n) is 12.5. The molecule has 2 aromatic heterocycles. The zero-order valence-electron chi connectivity index (χ0n) is 27.5. The summed E-state index contributed by atoms with van der Waals surface area (Å²) in [6.45, 7) is 9.72. The summed E-state index contributed by atoms with van der Waals surface area (Å²) in [5.41, 5.74) is 4.62. The third-order valence-corrected chi connectivity index (χ3v) is 14.2. The molecule has 8 aliphatic rings. The van der Waals surface area contributed by atoms with Gasteiger partial charge in [0.25, 0.3) is 0 Å². The highest BCUT2D eigenvalue weighted by Crippen LogP contribution is 2.59. The van der Waals surface area contributed by atoms with Crippen molar-refractivity contribution in [1.29, 1.82) is 0 Å². The largest absolute Gasteiger partial charge is 0.508 e. The van der Waals surface area contributed by atoms with Crippen LogP contribution in [0.3, 0.4) is 0 Å². The van der Waals surface area contributed by atoms with E-state index in [2.05, 4.69) is 30.6 Å². The average molecular weight is 621 g/mol. The van der Waals surface area contributed by atoms with Crippen molar-refractivity contribution in [1.82, 2.24) is 9.80 Å². The molecule has 6 aliphatic heterocycles. The van der Waals surface area contributed by atoms with E-state index in [0.717, 1.165) is 46.6 Å². The van der Waals surface area contributed by atoms with Gasteiger partial charge in [0.05, 0.1) is 0 Å². The summed E-state index contributed by atoms with van der Waals surface area (Å²) >= 11 is 0. The fourth-order valence-corrected chi connectivity index (χ4v) is 12.5. The molecule has 46 heavy (non-hydrogen) atoms. The van der Waals surface area contributed by atoms with Gasteiger partial charge in [-0.3, -0.25) is 9.80 Å². The molecule has 0 spiro atoms. The Balaban J connectivity index is 1.04. The summed E-state index contributed by atoms with van der Waals surface area (Å²) in [6, 6.07) is 13.4. The lowest BCUT2D eigenvalue weighted by molar-refractivity contribution is -0.100. The number of furan rings is 2. The summed E-state index contributed by atoms with van der Waals surface area (Å²) in [7, 11) is 0. The Morgan fingerprint density at radius 3 is 2.09 bits per heavy atom. The van der Waals surface area contributed by atoms with E-state index in [-0.39, 0.29) is 0 Å². The topological polar surface area (TPSA) is 73.2 Å². The zero-order valence-corrected chi connectivity index (χ0v) is 27.5. The number of hydrogen-bond donors (Lipinski definition) is 2. The van der Waals surface area contributed by atoms with E-state index in [0.29, 0.717) is 65.3 Å². The number of benzene rings is 2. The van der Waals surface area contributed by atoms with Gasteiger partial charge in [-0.2, -0.15) is 0 Å². The molecule has 4 aromatic rings. The number of aromatic hydroxyl groups is 2. The molecule has 8 bridgehead atoms. The van der Waals surface area contributed by atoms with E-state index in [1.807, 2.05) is 24.3 Å². The Morgan fingerprint density at radius 1 is 0.739 bits per heavy atom. The van der Waals surface area contributed by atoms with Crippen molar-refractivity contribution in [3.63, 3.8) is 0 Å². The first kappa shape index (κ1) is 28.1. The first-order chi connectivity index (χ1) is 22.4. The molecule has 12 rings (SSSR count). The Hall–Kier alpha value is -2.96. The van der Waals surface area contributed by atoms with Crippen LogP contribution in [0.4, 0.5) is 0 Å². The minimum absolute atomic E-state index is 0.329. The predicted octanol–water partition coefficient (Wildman–Crippen LogP) is 8.18. The highest BCUT2D eigenvalue weighted by Gasteiger charge is 2.58. The van der Waals surface area contributed by atoms with Gasteiger partial charge in [-0.1, -0.05) is 26.7 Å². The van der Waals surface area contributed by atoms with Crippen molar-refractivity contribution in [2.24, 2.45) is 29.6 Å². The van der Waals surface area contributed by atoms with Crippen molar-refractivity contribution in [3.8, 4) is 11.5 Å². The van der Waals surface area contributed by atoms with Crippen molar-refractivity contribution >= 4 is 21.9 Å². The van der Waals surface area contributed by atoms with Gasteiger partial charge in [0, 0.05) is 71.0 Å². The Labute approximate surface area is 271 Å². The first-order valence-electron chi connectivity index (χ1n) is 18.4. The minimum atomic E-state index is 0.329. The molecular weight excluding hydrogens is 572 g/mol. The SMILES string of the molecule is CCC1CC2CC3c4oc5ccc(O)cc5c4C[C@@H](CC4C5CC6c7oc8ccc(O)cc8c7C[C@H](C)N(C5)C6C4CC)N(C2)C13. The first-order valence-corrected chi connectivity index (χ1v) is 18.4. The summed E-state index contributed by atoms with van der Waals surface area (Å²) < 4.78 is 13.5. The molecular formula is C40H48N2O4. The molecule has 11 unspecified atom stereocenters. The molecule has 4 saturated heterocycles. The van der Waals surface area contributed by atoms with Crippen LogP contribution in [-0.2, 0) is 12.8 Å². The van der Waals surface area contributed by atoms with Gasteiger partial charge in [0.1, 0.15) is 34.2 Å². The predicted molar refractivity (Wildman–Crippen MR) is 179 cm³/mol. The van der Waals surface area contributed by atoms with Gasteiger partial charge in [-0.05, 0) is 111 Å². The second kappa shape index (κ2) is 10.0. The van der Waals surface area contributed by atoms with E-state index >= 15 is 0 Å². The van der Waals surface area contributed by atoms with E-state index < -0.39 is 0 Å². The van der Waals surface area contributed by atoms with Crippen molar-refractivity contribution in [2.45, 2.75) is 108 Å². The maximum atomic E-state index is 10.5. The van der Waals surface area contributed by atoms with Crippen molar-refractivity contribution < 1.29 is 19.0 Å². The lowest BCUT2D eigenvalue weighted by Gasteiger charge is -2.60. The van der Waals surface area contributed by atoms with Crippen LogP contribution in [0.2, 0.25) is 0 Å². The van der Waals surface area contributed by atoms with Gasteiger partial charge in [0.15, 0.2) is 0 Å². The number of phenolic OH excluding ortho intramolecular Hbond substituents is 2. The highest BCUT2D eigenvalue weighted by atomic mass is 16.3. The van der Waals surface area contributed by atoms with E-state index in [4.69, 9.17) is 8.83 Å². The smallest absolute Gasteiger partial charge is 0.134 e. The summed E-state index contributed by atoms with van der Waals surface area (Å²) in [5, 5.41) is 23.1. The number of hydrogen-bond acceptors (Lipinski definition) is 6. The number of nitrogens with zero attached hydrogens (tertiary/aromatic N) is 2. The Kier molecular flexibility index (Phi) is 6.12. The summed E-state index contributed by atoms with van der Waals surface area (Å²) in [6.07, 6.45) is 9.56. The van der Waals surface area contributed by atoms with Crippen LogP contribution in [0.15, 0.2) is 45.2 Å². The van der Waals surface area contributed by atoms with E-state index in [9.17, 15) is 10.2 Å². The maximum absolute atomic E-state index is 10.5. The number of fused-ring (bicyclic) bond motifs is 8. The second-order valence-corrected chi connectivity index (χ2v) is 16.2. The Morgan fingerprint density at radius 2 is 1.41 bits per heavy atom. The monoisotopic (exact) mass is 620 g/mol. The quantitative estimate of drug-likeness (QED) is 0.240. The van der Waals surface area contributed by atoms with Gasteiger partial charge in [-0.25, -0.2) is 0 Å². The molecule has 6 nitrogen and oxygen atoms in total. The van der Waals surface area contributed by atoms with Crippen LogP contribution >= 0.6 is 0 Å². The molecule has 0 radical (unpaired) electrons. The third-order valence-electron chi connectivity index (χ3n) is 14.2. The molecule has 6 fully saturated rings. The van der Waals surface area contributed by atoms with Gasteiger partial charge in [0.2, 0.25) is 0 Å². The minimum Gasteiger partial charge on any atom is -0.508 e. The molecule has 2 saturated carbocycles. The number of piperidine rings is 4. The lowest BCUT2D eigenvalue weighted by Crippen LogP contribution is -2.64. The number of phenols is 2. The van der Waals surface area contributed by atoms with Crippen LogP contribution in [0.1, 0.15) is 93.8 Å². The van der Waals surface area contributed by atoms with Gasteiger partial charge in [-0.15, -0.1) is 0 Å².